The SMILES string of the molecule is CC(C)CCC[C@@H](C)[C@H]1CCC2C3C(CC[C@@]21C)[C@@]1(C)CC[C@@H](NCCCNCCNCCCN)C[C@H]1C[C@H]3O. The highest BCUT2D eigenvalue weighted by molar-refractivity contribution is 5.12. The van der Waals surface area contributed by atoms with Gasteiger partial charge in [-0.1, -0.05) is 53.9 Å². The smallest absolute Gasteiger partial charge is 0.0577 e. The number of fused-ring (bicyclic) bond motifs is 5. The van der Waals surface area contributed by atoms with Crippen LogP contribution in [0.15, 0.2) is 0 Å². The van der Waals surface area contributed by atoms with Crippen molar-refractivity contribution in [2.75, 3.05) is 39.3 Å². The van der Waals surface area contributed by atoms with E-state index in [-0.39, 0.29) is 6.10 Å². The minimum absolute atomic E-state index is 0.0795. The second kappa shape index (κ2) is 15.0. The van der Waals surface area contributed by atoms with Gasteiger partial charge in [0.2, 0.25) is 0 Å². The molecule has 0 aromatic heterocycles. The largest absolute Gasteiger partial charge is 0.393 e. The molecule has 4 fully saturated rings. The molecule has 40 heavy (non-hydrogen) atoms. The Bertz CT molecular complexity index is 747. The summed E-state index contributed by atoms with van der Waals surface area (Å²) >= 11 is 0. The normalized spacial score (nSPS) is 40.0. The molecule has 4 aliphatic rings. The molecule has 0 saturated heterocycles. The highest BCUT2D eigenvalue weighted by Crippen LogP contribution is 2.68. The van der Waals surface area contributed by atoms with E-state index in [1.807, 2.05) is 0 Å². The number of rotatable bonds is 16. The van der Waals surface area contributed by atoms with Gasteiger partial charge in [-0.3, -0.25) is 0 Å². The maximum Gasteiger partial charge on any atom is 0.0577 e. The zero-order chi connectivity index (χ0) is 28.8. The fourth-order valence-corrected chi connectivity index (χ4v) is 10.6. The van der Waals surface area contributed by atoms with E-state index in [2.05, 4.69) is 50.6 Å². The number of hydrogen-bond donors (Lipinski definition) is 5. The van der Waals surface area contributed by atoms with Gasteiger partial charge in [0.25, 0.3) is 0 Å². The van der Waals surface area contributed by atoms with Crippen LogP contribution in [0.3, 0.4) is 0 Å². The molecular weight excluding hydrogens is 492 g/mol. The summed E-state index contributed by atoms with van der Waals surface area (Å²) in [7, 11) is 0. The molecule has 4 saturated carbocycles. The van der Waals surface area contributed by atoms with Crippen LogP contribution in [0.25, 0.3) is 0 Å². The van der Waals surface area contributed by atoms with Gasteiger partial charge in [0.1, 0.15) is 0 Å². The van der Waals surface area contributed by atoms with E-state index < -0.39 is 0 Å². The second-order valence-corrected chi connectivity index (χ2v) is 15.7. The van der Waals surface area contributed by atoms with Crippen molar-refractivity contribution in [3.05, 3.63) is 0 Å². The van der Waals surface area contributed by atoms with Crippen molar-refractivity contribution < 1.29 is 5.11 Å². The summed E-state index contributed by atoms with van der Waals surface area (Å²) in [5.74, 6) is 5.24. The van der Waals surface area contributed by atoms with Crippen LogP contribution in [0, 0.1) is 52.3 Å². The van der Waals surface area contributed by atoms with Crippen LogP contribution >= 0.6 is 0 Å². The van der Waals surface area contributed by atoms with E-state index in [4.69, 9.17) is 5.73 Å². The molecule has 6 N–H and O–H groups in total. The molecule has 0 heterocycles. The number of nitrogens with one attached hydrogen (secondary N) is 3. The Labute approximate surface area is 248 Å². The predicted octanol–water partition coefficient (Wildman–Crippen LogP) is 5.95. The quantitative estimate of drug-likeness (QED) is 0.151. The summed E-state index contributed by atoms with van der Waals surface area (Å²) in [4.78, 5) is 0. The molecule has 0 aromatic rings. The lowest BCUT2D eigenvalue weighted by atomic mass is 9.43. The van der Waals surface area contributed by atoms with Crippen molar-refractivity contribution in [2.45, 2.75) is 130 Å². The van der Waals surface area contributed by atoms with E-state index >= 15 is 0 Å². The number of aliphatic hydroxyl groups is 1. The summed E-state index contributed by atoms with van der Waals surface area (Å²) < 4.78 is 0. The molecule has 0 spiro atoms. The molecule has 0 aromatic carbocycles. The molecule has 0 bridgehead atoms. The van der Waals surface area contributed by atoms with Crippen molar-refractivity contribution in [2.24, 2.45) is 58.0 Å². The van der Waals surface area contributed by atoms with Crippen LogP contribution < -0.4 is 21.7 Å². The van der Waals surface area contributed by atoms with Crippen molar-refractivity contribution in [1.82, 2.24) is 16.0 Å². The van der Waals surface area contributed by atoms with Crippen LogP contribution in [0.4, 0.5) is 0 Å². The maximum atomic E-state index is 11.8. The predicted molar refractivity (Wildman–Crippen MR) is 170 cm³/mol. The first-order valence-electron chi connectivity index (χ1n) is 17.7. The van der Waals surface area contributed by atoms with Crippen LogP contribution in [0.2, 0.25) is 0 Å². The lowest BCUT2D eigenvalue weighted by Crippen LogP contribution is -2.59. The van der Waals surface area contributed by atoms with Crippen molar-refractivity contribution in [3.8, 4) is 0 Å². The highest BCUT2D eigenvalue weighted by Gasteiger charge is 2.62. The summed E-state index contributed by atoms with van der Waals surface area (Å²) in [5, 5.41) is 22.7. The zero-order valence-corrected chi connectivity index (χ0v) is 27.2. The van der Waals surface area contributed by atoms with Gasteiger partial charge in [0.15, 0.2) is 0 Å². The van der Waals surface area contributed by atoms with E-state index in [0.717, 1.165) is 81.7 Å². The van der Waals surface area contributed by atoms with Crippen LogP contribution in [0.1, 0.15) is 118 Å². The summed E-state index contributed by atoms with van der Waals surface area (Å²) in [6.07, 6.45) is 16.9. The molecule has 0 amide bonds. The number of aliphatic hydroxyl groups excluding tert-OH is 1. The average Bonchev–Trinajstić information content (AvgIpc) is 3.27. The third-order valence-electron chi connectivity index (χ3n) is 12.9. The second-order valence-electron chi connectivity index (χ2n) is 15.7. The molecule has 10 atom stereocenters. The minimum Gasteiger partial charge on any atom is -0.393 e. The average molecular weight is 561 g/mol. The van der Waals surface area contributed by atoms with Crippen molar-refractivity contribution >= 4 is 0 Å². The van der Waals surface area contributed by atoms with Gasteiger partial charge in [-0.15, -0.1) is 0 Å². The Kier molecular flexibility index (Phi) is 12.3. The molecule has 5 nitrogen and oxygen atoms in total. The molecule has 234 valence electrons. The third-order valence-corrected chi connectivity index (χ3v) is 12.9. The molecular formula is C35H68N4O. The molecule has 0 aliphatic heterocycles. The van der Waals surface area contributed by atoms with Gasteiger partial charge in [0.05, 0.1) is 6.10 Å². The third kappa shape index (κ3) is 7.47. The number of hydrogen-bond acceptors (Lipinski definition) is 5. The lowest BCUT2D eigenvalue weighted by molar-refractivity contribution is -0.167. The Morgan fingerprint density at radius 2 is 1.48 bits per heavy atom. The first-order valence-corrected chi connectivity index (χ1v) is 17.7. The van der Waals surface area contributed by atoms with E-state index in [1.165, 1.54) is 70.6 Å². The lowest BCUT2D eigenvalue weighted by Gasteiger charge is -2.62. The summed E-state index contributed by atoms with van der Waals surface area (Å²) in [6.45, 7) is 18.6. The van der Waals surface area contributed by atoms with E-state index in [0.29, 0.717) is 28.7 Å². The monoisotopic (exact) mass is 561 g/mol. The first kappa shape index (κ1) is 32.7. The molecule has 5 heteroatoms. The Hall–Kier alpha value is -0.200. The summed E-state index contributed by atoms with van der Waals surface area (Å²) in [6, 6.07) is 0.635. The minimum atomic E-state index is -0.0795. The maximum absolute atomic E-state index is 11.8. The van der Waals surface area contributed by atoms with Crippen LogP contribution in [-0.4, -0.2) is 56.5 Å². The zero-order valence-electron chi connectivity index (χ0n) is 27.2. The number of nitrogens with two attached hydrogens (primary N) is 1. The fourth-order valence-electron chi connectivity index (χ4n) is 10.6. The van der Waals surface area contributed by atoms with Gasteiger partial charge >= 0.3 is 0 Å². The van der Waals surface area contributed by atoms with Gasteiger partial charge in [0, 0.05) is 19.1 Å². The van der Waals surface area contributed by atoms with Crippen molar-refractivity contribution in [3.63, 3.8) is 0 Å². The molecule has 4 aliphatic carbocycles. The molecule has 3 unspecified atom stereocenters. The highest BCUT2D eigenvalue weighted by atomic mass is 16.3. The Balaban J connectivity index is 1.24. The van der Waals surface area contributed by atoms with Crippen molar-refractivity contribution in [1.29, 1.82) is 0 Å². The van der Waals surface area contributed by atoms with Gasteiger partial charge in [-0.2, -0.15) is 0 Å². The topological polar surface area (TPSA) is 82.3 Å². The van der Waals surface area contributed by atoms with E-state index in [1.54, 1.807) is 0 Å². The van der Waals surface area contributed by atoms with Crippen LogP contribution in [0.5, 0.6) is 0 Å². The van der Waals surface area contributed by atoms with Gasteiger partial charge in [-0.05, 0) is 143 Å². The van der Waals surface area contributed by atoms with E-state index in [9.17, 15) is 5.11 Å². The van der Waals surface area contributed by atoms with Crippen LogP contribution in [-0.2, 0) is 0 Å². The van der Waals surface area contributed by atoms with Gasteiger partial charge in [-0.25, -0.2) is 0 Å². The Morgan fingerprint density at radius 1 is 0.775 bits per heavy atom. The Morgan fingerprint density at radius 3 is 2.20 bits per heavy atom. The first-order chi connectivity index (χ1) is 19.2. The fraction of sp³-hybridized carbons (Fsp3) is 1.00. The molecule has 0 radical (unpaired) electrons. The standard InChI is InChI=1S/C35H68N4O/c1-25(2)9-6-10-26(3)29-11-12-30-33-31(14-16-35(29,30)5)34(4)15-13-28(23-27(34)24-32(33)40)39-20-8-19-38-22-21-37-18-7-17-36/h25-33,37-40H,6-24,36H2,1-5H3/t26-,27+,28-,29-,30?,31?,32-,33?,34+,35-/m1/s1. The summed E-state index contributed by atoms with van der Waals surface area (Å²) in [5.41, 5.74) is 6.43. The molecule has 4 rings (SSSR count). The van der Waals surface area contributed by atoms with Gasteiger partial charge < -0.3 is 26.8 Å².